The summed E-state index contributed by atoms with van der Waals surface area (Å²) in [5.74, 6) is -0.936. The highest BCUT2D eigenvalue weighted by molar-refractivity contribution is 6.03. The summed E-state index contributed by atoms with van der Waals surface area (Å²) in [5, 5.41) is 19.7. The van der Waals surface area contributed by atoms with Crippen LogP contribution >= 0.6 is 0 Å². The van der Waals surface area contributed by atoms with Crippen LogP contribution in [0.5, 0.6) is 5.75 Å². The first-order chi connectivity index (χ1) is 22.2. The number of aromatic carboxylic acids is 1. The molecule has 1 saturated heterocycles. The van der Waals surface area contributed by atoms with Crippen molar-refractivity contribution < 1.29 is 29.0 Å². The maximum atomic E-state index is 13.3. The van der Waals surface area contributed by atoms with Gasteiger partial charge in [-0.1, -0.05) is 12.2 Å². The number of nitrogens with one attached hydrogen (secondary N) is 2. The fraction of sp³-hybridized carbons (Fsp3) is 0.300. The van der Waals surface area contributed by atoms with E-state index < -0.39 is 17.8 Å². The Kier molecular flexibility index (Phi) is 8.10. The number of carbonyl (C=O) groups excluding carboxylic acids is 2. The molecule has 0 spiro atoms. The molecule has 0 saturated carbocycles. The third kappa shape index (κ3) is 5.72. The highest BCUT2D eigenvalue weighted by Crippen LogP contribution is 2.32. The number of rotatable bonds is 12. The molecule has 16 heteroatoms. The van der Waals surface area contributed by atoms with Gasteiger partial charge in [0.1, 0.15) is 28.6 Å². The Morgan fingerprint density at radius 1 is 1.07 bits per heavy atom. The minimum absolute atomic E-state index is 0.0252. The molecule has 1 fully saturated rings. The van der Waals surface area contributed by atoms with Crippen molar-refractivity contribution in [3.63, 3.8) is 0 Å². The van der Waals surface area contributed by atoms with Gasteiger partial charge in [-0.25, -0.2) is 19.7 Å². The van der Waals surface area contributed by atoms with Gasteiger partial charge in [0.2, 0.25) is 17.8 Å². The third-order valence-corrected chi connectivity index (χ3v) is 7.45. The smallest absolute Gasteiger partial charge is 0.337 e. The molecule has 1 aliphatic rings. The van der Waals surface area contributed by atoms with Crippen LogP contribution in [0.15, 0.2) is 42.6 Å². The molecule has 0 unspecified atom stereocenters. The number of aromatic nitrogens is 7. The van der Waals surface area contributed by atoms with Crippen LogP contribution in [0.25, 0.3) is 22.2 Å². The summed E-state index contributed by atoms with van der Waals surface area (Å²) >= 11 is 0. The molecule has 1 aliphatic heterocycles. The monoisotopic (exact) mass is 628 g/mol. The van der Waals surface area contributed by atoms with E-state index in [1.54, 1.807) is 41.4 Å². The summed E-state index contributed by atoms with van der Waals surface area (Å²) in [7, 11) is 1.74. The maximum Gasteiger partial charge on any atom is 0.337 e. The van der Waals surface area contributed by atoms with E-state index in [1.807, 2.05) is 23.6 Å². The molecule has 238 valence electrons. The fourth-order valence-electron chi connectivity index (χ4n) is 5.18. The first-order valence-electron chi connectivity index (χ1n) is 14.5. The van der Waals surface area contributed by atoms with Crippen LogP contribution in [-0.4, -0.2) is 83.1 Å². The number of anilines is 2. The van der Waals surface area contributed by atoms with E-state index in [0.29, 0.717) is 71.6 Å². The lowest BCUT2D eigenvalue weighted by Gasteiger charge is -2.27. The second-order valence-electron chi connectivity index (χ2n) is 10.6. The summed E-state index contributed by atoms with van der Waals surface area (Å²) in [6.07, 6.45) is 4.87. The zero-order chi connectivity index (χ0) is 32.5. The van der Waals surface area contributed by atoms with Crippen LogP contribution in [0.1, 0.15) is 43.8 Å². The van der Waals surface area contributed by atoms with Crippen LogP contribution in [0.4, 0.5) is 11.9 Å². The summed E-state index contributed by atoms with van der Waals surface area (Å²) in [6.45, 7) is 5.67. The number of carboxylic acid groups (broad SMARTS) is 1. The molecule has 16 nitrogen and oxygen atoms in total. The second-order valence-corrected chi connectivity index (χ2v) is 10.6. The number of pyridine rings is 1. The normalized spacial score (nSPS) is 13.4. The van der Waals surface area contributed by atoms with Gasteiger partial charge in [-0.2, -0.15) is 5.10 Å². The van der Waals surface area contributed by atoms with Gasteiger partial charge in [0.05, 0.1) is 30.0 Å². The number of hydrogen-bond acceptors (Lipinski definition) is 10. The van der Waals surface area contributed by atoms with E-state index >= 15 is 0 Å². The van der Waals surface area contributed by atoms with Crippen molar-refractivity contribution in [2.45, 2.75) is 39.6 Å². The van der Waals surface area contributed by atoms with Gasteiger partial charge in [0.25, 0.3) is 5.91 Å². The SMILES string of the molecule is CCn1nc(C)cc1C(=O)Nc1nc2cc(C(=O)O)cnc2n1C/C=C/Cn1c(NC)nc2cc(C(N)=O)cc(OC3COC3)c21. The molecule has 0 radical (unpaired) electrons. The minimum atomic E-state index is -1.14. The predicted octanol–water partition coefficient (Wildman–Crippen LogP) is 2.43. The Balaban J connectivity index is 1.32. The standard InChI is InChI=1S/C30H32N10O6/c1-4-40-22(9-16(2)37-40)27(42)36-30-35-21-11-18(28(43)44)13-33-26(21)39(30)8-6-5-7-38-24-20(34-29(38)32-3)10-17(25(31)41)12-23(24)46-19-14-45-15-19/h5-6,9-13,19H,4,7-8,14-15H2,1-3H3,(H2,31,41)(H,32,34)(H,43,44)(H,35,36,42)/b6-5+. The van der Waals surface area contributed by atoms with E-state index in [0.717, 1.165) is 0 Å². The van der Waals surface area contributed by atoms with Crippen LogP contribution < -0.4 is 21.1 Å². The van der Waals surface area contributed by atoms with Crippen molar-refractivity contribution in [1.82, 2.24) is 33.9 Å². The Labute approximate surface area is 261 Å². The van der Waals surface area contributed by atoms with Gasteiger partial charge < -0.3 is 30.2 Å². The van der Waals surface area contributed by atoms with E-state index in [9.17, 15) is 19.5 Å². The van der Waals surface area contributed by atoms with Gasteiger partial charge in [-0.3, -0.25) is 24.2 Å². The molecule has 4 aromatic heterocycles. The average molecular weight is 629 g/mol. The third-order valence-electron chi connectivity index (χ3n) is 7.45. The lowest BCUT2D eigenvalue weighted by atomic mass is 10.1. The molecule has 5 aromatic rings. The van der Waals surface area contributed by atoms with Crippen molar-refractivity contribution in [2.75, 3.05) is 30.9 Å². The van der Waals surface area contributed by atoms with Crippen molar-refractivity contribution in [1.29, 1.82) is 0 Å². The zero-order valence-corrected chi connectivity index (χ0v) is 25.4. The van der Waals surface area contributed by atoms with E-state index in [1.165, 1.54) is 12.3 Å². The van der Waals surface area contributed by atoms with Gasteiger partial charge in [-0.15, -0.1) is 0 Å². The second kappa shape index (κ2) is 12.3. The molecule has 0 bridgehead atoms. The van der Waals surface area contributed by atoms with Gasteiger partial charge in [-0.05, 0) is 38.1 Å². The van der Waals surface area contributed by atoms with Crippen LogP contribution in [0.3, 0.4) is 0 Å². The molecular weight excluding hydrogens is 596 g/mol. The number of aryl methyl sites for hydroxylation is 2. The number of primary amides is 1. The van der Waals surface area contributed by atoms with Gasteiger partial charge in [0, 0.05) is 38.4 Å². The van der Waals surface area contributed by atoms with Crippen LogP contribution in [-0.2, 0) is 24.4 Å². The van der Waals surface area contributed by atoms with Crippen molar-refractivity contribution in [3.05, 3.63) is 65.1 Å². The fourth-order valence-corrected chi connectivity index (χ4v) is 5.18. The number of amides is 2. The number of allylic oxidation sites excluding steroid dienone is 2. The highest BCUT2D eigenvalue weighted by Gasteiger charge is 2.25. The number of nitrogens with zero attached hydrogens (tertiary/aromatic N) is 7. The molecule has 0 aliphatic carbocycles. The quantitative estimate of drug-likeness (QED) is 0.148. The number of benzene rings is 1. The van der Waals surface area contributed by atoms with Gasteiger partial charge in [0.15, 0.2) is 5.65 Å². The van der Waals surface area contributed by atoms with Crippen molar-refractivity contribution in [3.8, 4) is 5.75 Å². The number of carboxylic acids is 1. The summed E-state index contributed by atoms with van der Waals surface area (Å²) < 4.78 is 16.6. The summed E-state index contributed by atoms with van der Waals surface area (Å²) in [4.78, 5) is 50.3. The molecule has 5 N–H and O–H groups in total. The molecule has 2 amide bonds. The largest absolute Gasteiger partial charge is 0.483 e. The van der Waals surface area contributed by atoms with E-state index in [2.05, 4.69) is 30.7 Å². The number of imidazole rings is 2. The first kappa shape index (κ1) is 30.3. The Hall–Kier alpha value is -5.77. The summed E-state index contributed by atoms with van der Waals surface area (Å²) in [6, 6.07) is 6.33. The number of ether oxygens (including phenoxy) is 2. The molecule has 0 atom stereocenters. The topological polar surface area (TPSA) is 206 Å². The Bertz CT molecular complexity index is 2020. The lowest BCUT2D eigenvalue weighted by Crippen LogP contribution is -2.38. The molecular formula is C30H32N10O6. The number of fused-ring (bicyclic) bond motifs is 2. The molecule has 6 rings (SSSR count). The predicted molar refractivity (Wildman–Crippen MR) is 167 cm³/mol. The van der Waals surface area contributed by atoms with Crippen LogP contribution in [0.2, 0.25) is 0 Å². The number of hydrogen-bond donors (Lipinski definition) is 4. The Morgan fingerprint density at radius 3 is 2.43 bits per heavy atom. The minimum Gasteiger partial charge on any atom is -0.483 e. The van der Waals surface area contributed by atoms with Gasteiger partial charge >= 0.3 is 5.97 Å². The summed E-state index contributed by atoms with van der Waals surface area (Å²) in [5.41, 5.74) is 8.82. The molecule has 5 heterocycles. The highest BCUT2D eigenvalue weighted by atomic mass is 16.6. The van der Waals surface area contributed by atoms with E-state index in [-0.39, 0.29) is 29.7 Å². The first-order valence-corrected chi connectivity index (χ1v) is 14.5. The maximum absolute atomic E-state index is 13.3. The zero-order valence-electron chi connectivity index (χ0n) is 25.4. The van der Waals surface area contributed by atoms with E-state index in [4.69, 9.17) is 15.2 Å². The Morgan fingerprint density at radius 2 is 1.78 bits per heavy atom. The lowest BCUT2D eigenvalue weighted by molar-refractivity contribution is -0.0792. The molecule has 46 heavy (non-hydrogen) atoms. The van der Waals surface area contributed by atoms with Crippen molar-refractivity contribution >= 4 is 51.9 Å². The van der Waals surface area contributed by atoms with Crippen LogP contribution in [0, 0.1) is 6.92 Å². The number of carbonyl (C=O) groups is 3. The number of nitrogens with two attached hydrogens (primary N) is 1. The average Bonchev–Trinajstić information content (AvgIpc) is 3.68. The van der Waals surface area contributed by atoms with Crippen molar-refractivity contribution in [2.24, 2.45) is 5.73 Å². The molecule has 1 aromatic carbocycles.